The van der Waals surface area contributed by atoms with Crippen molar-refractivity contribution >= 4 is 11.8 Å². The van der Waals surface area contributed by atoms with E-state index in [9.17, 15) is 9.59 Å². The summed E-state index contributed by atoms with van der Waals surface area (Å²) in [5, 5.41) is 5.56. The van der Waals surface area contributed by atoms with Gasteiger partial charge in [0.2, 0.25) is 5.91 Å². The summed E-state index contributed by atoms with van der Waals surface area (Å²) in [4.78, 5) is 23.9. The van der Waals surface area contributed by atoms with E-state index in [1.54, 1.807) is 0 Å². The van der Waals surface area contributed by atoms with Crippen molar-refractivity contribution in [2.45, 2.75) is 39.5 Å². The number of carbonyl (C=O) groups excluding carboxylic acids is 2. The van der Waals surface area contributed by atoms with Crippen molar-refractivity contribution in [1.29, 1.82) is 0 Å². The molecule has 0 saturated carbocycles. The molecule has 2 aromatic carbocycles. The molecule has 2 N–H and O–H groups in total. The van der Waals surface area contributed by atoms with E-state index in [4.69, 9.17) is 4.74 Å². The zero-order valence-electron chi connectivity index (χ0n) is 17.2. The molecule has 2 amide bonds. The minimum atomic E-state index is -0.210. The van der Waals surface area contributed by atoms with Gasteiger partial charge in [-0.3, -0.25) is 9.59 Å². The lowest BCUT2D eigenvalue weighted by molar-refractivity contribution is -0.124. The second kappa shape index (κ2) is 9.93. The van der Waals surface area contributed by atoms with E-state index in [1.807, 2.05) is 49.4 Å². The average Bonchev–Trinajstić information content (AvgIpc) is 2.64. The summed E-state index contributed by atoms with van der Waals surface area (Å²) in [6.45, 7) is 9.09. The number of hydrogen-bond acceptors (Lipinski definition) is 3. The van der Waals surface area contributed by atoms with E-state index >= 15 is 0 Å². The predicted octanol–water partition coefficient (Wildman–Crippen LogP) is 3.15. The summed E-state index contributed by atoms with van der Waals surface area (Å²) in [6, 6.07) is 15.5. The van der Waals surface area contributed by atoms with Crippen LogP contribution in [0.5, 0.6) is 5.75 Å². The first-order valence-electron chi connectivity index (χ1n) is 9.57. The first-order valence-corrected chi connectivity index (χ1v) is 9.57. The molecule has 0 aliphatic carbocycles. The number of benzene rings is 2. The third-order valence-electron chi connectivity index (χ3n) is 4.28. The molecular formula is C23H30N2O3. The molecule has 5 heteroatoms. The van der Waals surface area contributed by atoms with Crippen LogP contribution >= 0.6 is 0 Å². The maximum Gasteiger partial charge on any atom is 0.258 e. The van der Waals surface area contributed by atoms with Crippen molar-refractivity contribution in [2.24, 2.45) is 0 Å². The van der Waals surface area contributed by atoms with Gasteiger partial charge in [0.05, 0.1) is 6.42 Å². The van der Waals surface area contributed by atoms with E-state index in [-0.39, 0.29) is 23.8 Å². The molecule has 0 saturated heterocycles. The molecule has 2 rings (SSSR count). The van der Waals surface area contributed by atoms with Crippen LogP contribution in [-0.4, -0.2) is 31.5 Å². The number of aryl methyl sites for hydroxylation is 1. The highest BCUT2D eigenvalue weighted by atomic mass is 16.5. The number of rotatable bonds is 8. The van der Waals surface area contributed by atoms with Crippen molar-refractivity contribution in [3.63, 3.8) is 0 Å². The molecule has 0 radical (unpaired) electrons. The zero-order valence-corrected chi connectivity index (χ0v) is 17.2. The van der Waals surface area contributed by atoms with Crippen molar-refractivity contribution in [3.8, 4) is 5.75 Å². The summed E-state index contributed by atoms with van der Waals surface area (Å²) in [6.07, 6.45) is 0.334. The topological polar surface area (TPSA) is 67.4 Å². The molecule has 0 unspecified atom stereocenters. The first kappa shape index (κ1) is 21.5. The lowest BCUT2D eigenvalue weighted by Gasteiger charge is -2.23. The molecule has 0 aliphatic heterocycles. The van der Waals surface area contributed by atoms with Crippen molar-refractivity contribution in [2.75, 3.05) is 19.7 Å². The van der Waals surface area contributed by atoms with Crippen LogP contribution in [-0.2, 0) is 21.4 Å². The summed E-state index contributed by atoms with van der Waals surface area (Å²) in [5.74, 6) is 0.452. The fourth-order valence-corrected chi connectivity index (χ4v) is 2.80. The molecule has 28 heavy (non-hydrogen) atoms. The smallest absolute Gasteiger partial charge is 0.258 e. The van der Waals surface area contributed by atoms with E-state index in [2.05, 4.69) is 37.5 Å². The van der Waals surface area contributed by atoms with Gasteiger partial charge in [-0.2, -0.15) is 0 Å². The Kier molecular flexibility index (Phi) is 7.61. The molecule has 5 nitrogen and oxygen atoms in total. The van der Waals surface area contributed by atoms with E-state index in [1.165, 1.54) is 0 Å². The molecule has 0 spiro atoms. The fraction of sp³-hybridized carbons (Fsp3) is 0.391. The van der Waals surface area contributed by atoms with Gasteiger partial charge < -0.3 is 15.4 Å². The third-order valence-corrected chi connectivity index (χ3v) is 4.28. The standard InChI is InChI=1S/C23H30N2O3/c1-17-10-11-20(19(14-17)23(2,3)4)28-16-22(27)25-13-12-24-21(26)15-18-8-6-5-7-9-18/h5-11,14H,12-13,15-16H2,1-4H3,(H,24,26)(H,25,27). The summed E-state index contributed by atoms with van der Waals surface area (Å²) < 4.78 is 5.74. The number of amides is 2. The van der Waals surface area contributed by atoms with Gasteiger partial charge in [-0.1, -0.05) is 68.8 Å². The Balaban J connectivity index is 1.71. The van der Waals surface area contributed by atoms with Crippen LogP contribution in [0.25, 0.3) is 0 Å². The number of hydrogen-bond donors (Lipinski definition) is 2. The largest absolute Gasteiger partial charge is 0.483 e. The minimum Gasteiger partial charge on any atom is -0.483 e. The van der Waals surface area contributed by atoms with Crippen LogP contribution in [0.4, 0.5) is 0 Å². The number of carbonyl (C=O) groups is 2. The summed E-state index contributed by atoms with van der Waals surface area (Å²) in [5.41, 5.74) is 3.13. The lowest BCUT2D eigenvalue weighted by Crippen LogP contribution is -2.37. The van der Waals surface area contributed by atoms with Crippen LogP contribution in [0.15, 0.2) is 48.5 Å². The normalized spacial score (nSPS) is 11.0. The SMILES string of the molecule is Cc1ccc(OCC(=O)NCCNC(=O)Cc2ccccc2)c(C(C)(C)C)c1. The molecule has 150 valence electrons. The van der Waals surface area contributed by atoms with Gasteiger partial charge in [0, 0.05) is 13.1 Å². The van der Waals surface area contributed by atoms with Crippen LogP contribution in [0, 0.1) is 6.92 Å². The highest BCUT2D eigenvalue weighted by molar-refractivity contribution is 5.79. The van der Waals surface area contributed by atoms with Crippen LogP contribution < -0.4 is 15.4 Å². The molecule has 0 aromatic heterocycles. The highest BCUT2D eigenvalue weighted by Crippen LogP contribution is 2.32. The van der Waals surface area contributed by atoms with Gasteiger partial charge in [0.25, 0.3) is 5.91 Å². The van der Waals surface area contributed by atoms with E-state index in [0.29, 0.717) is 19.5 Å². The van der Waals surface area contributed by atoms with Crippen LogP contribution in [0.2, 0.25) is 0 Å². The molecule has 2 aromatic rings. The van der Waals surface area contributed by atoms with Crippen molar-refractivity contribution < 1.29 is 14.3 Å². The Labute approximate surface area is 167 Å². The maximum atomic E-state index is 12.0. The second-order valence-corrected chi connectivity index (χ2v) is 7.90. The maximum absolute atomic E-state index is 12.0. The molecule has 0 fully saturated rings. The van der Waals surface area contributed by atoms with Gasteiger partial charge in [0.15, 0.2) is 6.61 Å². The molecular weight excluding hydrogens is 352 g/mol. The van der Waals surface area contributed by atoms with Gasteiger partial charge in [-0.15, -0.1) is 0 Å². The number of nitrogens with one attached hydrogen (secondary N) is 2. The molecule has 0 aliphatic rings. The average molecular weight is 383 g/mol. The number of ether oxygens (including phenoxy) is 1. The molecule has 0 heterocycles. The van der Waals surface area contributed by atoms with Crippen LogP contribution in [0.1, 0.15) is 37.5 Å². The Hall–Kier alpha value is -2.82. The zero-order chi connectivity index (χ0) is 20.6. The Bertz CT molecular complexity index is 795. The summed E-state index contributed by atoms with van der Waals surface area (Å²) in [7, 11) is 0. The predicted molar refractivity (Wildman–Crippen MR) is 112 cm³/mol. The van der Waals surface area contributed by atoms with Gasteiger partial charge in [-0.25, -0.2) is 0 Å². The quantitative estimate of drug-likeness (QED) is 0.689. The van der Waals surface area contributed by atoms with Gasteiger partial charge in [-0.05, 0) is 29.5 Å². The van der Waals surface area contributed by atoms with Crippen molar-refractivity contribution in [3.05, 3.63) is 65.2 Å². The minimum absolute atomic E-state index is 0.0515. The Morgan fingerprint density at radius 1 is 0.929 bits per heavy atom. The molecule has 0 atom stereocenters. The second-order valence-electron chi connectivity index (χ2n) is 7.90. The summed E-state index contributed by atoms with van der Waals surface area (Å²) >= 11 is 0. The third kappa shape index (κ3) is 7.06. The Morgan fingerprint density at radius 3 is 2.21 bits per heavy atom. The van der Waals surface area contributed by atoms with Gasteiger partial charge in [0.1, 0.15) is 5.75 Å². The first-order chi connectivity index (χ1) is 13.3. The fourth-order valence-electron chi connectivity index (χ4n) is 2.80. The van der Waals surface area contributed by atoms with E-state index in [0.717, 1.165) is 22.4 Å². The highest BCUT2D eigenvalue weighted by Gasteiger charge is 2.19. The molecule has 0 bridgehead atoms. The van der Waals surface area contributed by atoms with Crippen LogP contribution in [0.3, 0.4) is 0 Å². The monoisotopic (exact) mass is 382 g/mol. The Morgan fingerprint density at radius 2 is 1.57 bits per heavy atom. The van der Waals surface area contributed by atoms with Crippen molar-refractivity contribution in [1.82, 2.24) is 10.6 Å². The van der Waals surface area contributed by atoms with E-state index < -0.39 is 0 Å². The van der Waals surface area contributed by atoms with Gasteiger partial charge >= 0.3 is 0 Å². The lowest BCUT2D eigenvalue weighted by atomic mass is 9.85.